The zero-order valence-electron chi connectivity index (χ0n) is 15.0. The van der Waals surface area contributed by atoms with Crippen LogP contribution in [0.4, 0.5) is 11.6 Å². The Hall–Kier alpha value is -3.68. The van der Waals surface area contributed by atoms with Crippen LogP contribution in [0.3, 0.4) is 0 Å². The minimum atomic E-state index is -0.307. The van der Waals surface area contributed by atoms with Gasteiger partial charge >= 0.3 is 0 Å². The Labute approximate surface area is 156 Å². The molecule has 8 heteroatoms. The van der Waals surface area contributed by atoms with Crippen molar-refractivity contribution in [2.45, 2.75) is 6.54 Å². The number of amides is 1. The van der Waals surface area contributed by atoms with Gasteiger partial charge in [0.2, 0.25) is 5.95 Å². The van der Waals surface area contributed by atoms with Crippen molar-refractivity contribution < 1.29 is 14.3 Å². The third-order valence-electron chi connectivity index (χ3n) is 3.68. The molecular weight excluding hydrogens is 346 g/mol. The lowest BCUT2D eigenvalue weighted by molar-refractivity contribution is 0.0945. The van der Waals surface area contributed by atoms with Crippen LogP contribution in [0.1, 0.15) is 16.2 Å². The molecule has 3 aromatic rings. The molecule has 0 bridgehead atoms. The highest BCUT2D eigenvalue weighted by Crippen LogP contribution is 2.30. The van der Waals surface area contributed by atoms with Crippen molar-refractivity contribution in [2.24, 2.45) is 0 Å². The van der Waals surface area contributed by atoms with E-state index in [-0.39, 0.29) is 11.6 Å². The first-order chi connectivity index (χ1) is 13.2. The molecule has 1 aromatic carbocycles. The second-order valence-corrected chi connectivity index (χ2v) is 5.46. The molecule has 1 amide bonds. The van der Waals surface area contributed by atoms with Crippen molar-refractivity contribution in [1.82, 2.24) is 20.3 Å². The van der Waals surface area contributed by atoms with Crippen LogP contribution in [0.25, 0.3) is 0 Å². The van der Waals surface area contributed by atoms with E-state index in [1.54, 1.807) is 44.7 Å². The summed E-state index contributed by atoms with van der Waals surface area (Å²) in [6, 6.07) is 12.4. The van der Waals surface area contributed by atoms with Gasteiger partial charge in [-0.2, -0.15) is 0 Å². The van der Waals surface area contributed by atoms with Gasteiger partial charge in [0.15, 0.2) is 11.5 Å². The monoisotopic (exact) mass is 365 g/mol. The van der Waals surface area contributed by atoms with E-state index in [9.17, 15) is 4.79 Å². The van der Waals surface area contributed by atoms with Gasteiger partial charge in [0.05, 0.1) is 26.5 Å². The molecule has 2 heterocycles. The Balaban J connectivity index is 1.69. The molecule has 0 spiro atoms. The smallest absolute Gasteiger partial charge is 0.270 e. The molecule has 0 saturated heterocycles. The molecule has 2 N–H and O–H groups in total. The predicted octanol–water partition coefficient (Wildman–Crippen LogP) is 2.56. The number of hydrogen-bond donors (Lipinski definition) is 2. The van der Waals surface area contributed by atoms with Gasteiger partial charge in [-0.05, 0) is 30.3 Å². The number of benzene rings is 1. The molecule has 0 atom stereocenters. The SMILES string of the molecule is COc1ccc(Nc2nccc(C(=O)NCc3ccccn3)n2)cc1OC. The zero-order valence-corrected chi connectivity index (χ0v) is 15.0. The number of aromatic nitrogens is 3. The zero-order chi connectivity index (χ0) is 19.1. The van der Waals surface area contributed by atoms with Gasteiger partial charge in [0.25, 0.3) is 5.91 Å². The standard InChI is InChI=1S/C19H19N5O3/c1-26-16-7-6-13(11-17(16)27-2)23-19-21-10-8-15(24-19)18(25)22-12-14-5-3-4-9-20-14/h3-11H,12H2,1-2H3,(H,22,25)(H,21,23,24). The number of ether oxygens (including phenoxy) is 2. The molecule has 0 aliphatic heterocycles. The van der Waals surface area contributed by atoms with E-state index in [1.807, 2.05) is 18.2 Å². The number of carbonyl (C=O) groups is 1. The van der Waals surface area contributed by atoms with Crippen LogP contribution in [-0.2, 0) is 6.54 Å². The number of nitrogens with one attached hydrogen (secondary N) is 2. The highest BCUT2D eigenvalue weighted by molar-refractivity contribution is 5.92. The van der Waals surface area contributed by atoms with Crippen LogP contribution in [0.15, 0.2) is 54.9 Å². The van der Waals surface area contributed by atoms with E-state index in [0.29, 0.717) is 29.7 Å². The maximum atomic E-state index is 12.3. The van der Waals surface area contributed by atoms with Gasteiger partial charge < -0.3 is 20.1 Å². The summed E-state index contributed by atoms with van der Waals surface area (Å²) in [6.07, 6.45) is 3.20. The summed E-state index contributed by atoms with van der Waals surface area (Å²) in [5.74, 6) is 1.18. The third kappa shape index (κ3) is 4.69. The van der Waals surface area contributed by atoms with E-state index < -0.39 is 0 Å². The molecule has 2 aromatic heterocycles. The van der Waals surface area contributed by atoms with Gasteiger partial charge in [-0.15, -0.1) is 0 Å². The minimum Gasteiger partial charge on any atom is -0.493 e. The number of carbonyl (C=O) groups excluding carboxylic acids is 1. The average molecular weight is 365 g/mol. The maximum absolute atomic E-state index is 12.3. The quantitative estimate of drug-likeness (QED) is 0.664. The lowest BCUT2D eigenvalue weighted by Gasteiger charge is -2.11. The van der Waals surface area contributed by atoms with E-state index >= 15 is 0 Å². The fraction of sp³-hybridized carbons (Fsp3) is 0.158. The van der Waals surface area contributed by atoms with Gasteiger partial charge in [0, 0.05) is 24.1 Å². The van der Waals surface area contributed by atoms with Crippen molar-refractivity contribution in [3.63, 3.8) is 0 Å². The first-order valence-corrected chi connectivity index (χ1v) is 8.20. The van der Waals surface area contributed by atoms with E-state index in [4.69, 9.17) is 9.47 Å². The lowest BCUT2D eigenvalue weighted by atomic mass is 10.2. The van der Waals surface area contributed by atoms with Crippen molar-refractivity contribution in [3.8, 4) is 11.5 Å². The summed E-state index contributed by atoms with van der Waals surface area (Å²) in [5.41, 5.74) is 1.73. The predicted molar refractivity (Wildman–Crippen MR) is 100 cm³/mol. The Morgan fingerprint density at radius 1 is 1.00 bits per heavy atom. The molecule has 0 radical (unpaired) electrons. The lowest BCUT2D eigenvalue weighted by Crippen LogP contribution is -2.24. The van der Waals surface area contributed by atoms with E-state index in [0.717, 1.165) is 5.69 Å². The second kappa shape index (κ2) is 8.61. The van der Waals surface area contributed by atoms with Crippen LogP contribution in [-0.4, -0.2) is 35.1 Å². The minimum absolute atomic E-state index is 0.254. The molecular formula is C19H19N5O3. The number of nitrogens with zero attached hydrogens (tertiary/aromatic N) is 3. The number of anilines is 2. The molecule has 0 aliphatic rings. The second-order valence-electron chi connectivity index (χ2n) is 5.46. The summed E-state index contributed by atoms with van der Waals surface area (Å²) in [6.45, 7) is 0.322. The maximum Gasteiger partial charge on any atom is 0.270 e. The van der Waals surface area contributed by atoms with Crippen LogP contribution in [0.2, 0.25) is 0 Å². The fourth-order valence-corrected chi connectivity index (χ4v) is 2.35. The molecule has 27 heavy (non-hydrogen) atoms. The van der Waals surface area contributed by atoms with Crippen LogP contribution in [0.5, 0.6) is 11.5 Å². The highest BCUT2D eigenvalue weighted by atomic mass is 16.5. The molecule has 138 valence electrons. The summed E-state index contributed by atoms with van der Waals surface area (Å²) < 4.78 is 10.5. The largest absolute Gasteiger partial charge is 0.493 e. The Kier molecular flexibility index (Phi) is 5.78. The van der Waals surface area contributed by atoms with Crippen molar-refractivity contribution >= 4 is 17.5 Å². The van der Waals surface area contributed by atoms with E-state index in [2.05, 4.69) is 25.6 Å². The van der Waals surface area contributed by atoms with Crippen molar-refractivity contribution in [2.75, 3.05) is 19.5 Å². The van der Waals surface area contributed by atoms with Gasteiger partial charge in [0.1, 0.15) is 5.69 Å². The average Bonchev–Trinajstić information content (AvgIpc) is 2.73. The molecule has 0 aliphatic carbocycles. The van der Waals surface area contributed by atoms with Gasteiger partial charge in [-0.3, -0.25) is 9.78 Å². The van der Waals surface area contributed by atoms with Crippen LogP contribution < -0.4 is 20.1 Å². The van der Waals surface area contributed by atoms with Crippen molar-refractivity contribution in [1.29, 1.82) is 0 Å². The van der Waals surface area contributed by atoms with E-state index in [1.165, 1.54) is 6.20 Å². The summed E-state index contributed by atoms with van der Waals surface area (Å²) in [4.78, 5) is 24.9. The Morgan fingerprint density at radius 2 is 1.85 bits per heavy atom. The number of rotatable bonds is 7. The molecule has 8 nitrogen and oxygen atoms in total. The van der Waals surface area contributed by atoms with Gasteiger partial charge in [-0.1, -0.05) is 6.07 Å². The summed E-state index contributed by atoms with van der Waals surface area (Å²) in [5, 5.41) is 5.83. The summed E-state index contributed by atoms with van der Waals surface area (Å²) >= 11 is 0. The normalized spacial score (nSPS) is 10.1. The molecule has 3 rings (SSSR count). The molecule has 0 saturated carbocycles. The Bertz CT molecular complexity index is 918. The molecule has 0 fully saturated rings. The Morgan fingerprint density at radius 3 is 2.59 bits per heavy atom. The number of methoxy groups -OCH3 is 2. The fourth-order valence-electron chi connectivity index (χ4n) is 2.35. The first kappa shape index (κ1) is 18.1. The third-order valence-corrected chi connectivity index (χ3v) is 3.68. The molecule has 0 unspecified atom stereocenters. The first-order valence-electron chi connectivity index (χ1n) is 8.20. The summed E-state index contributed by atoms with van der Waals surface area (Å²) in [7, 11) is 3.13. The van der Waals surface area contributed by atoms with Crippen LogP contribution in [0, 0.1) is 0 Å². The highest BCUT2D eigenvalue weighted by Gasteiger charge is 2.10. The van der Waals surface area contributed by atoms with Gasteiger partial charge in [-0.25, -0.2) is 9.97 Å². The number of pyridine rings is 1. The van der Waals surface area contributed by atoms with Crippen LogP contribution >= 0.6 is 0 Å². The van der Waals surface area contributed by atoms with Crippen molar-refractivity contribution in [3.05, 3.63) is 66.2 Å². The number of hydrogen-bond acceptors (Lipinski definition) is 7. The topological polar surface area (TPSA) is 98.3 Å².